The fraction of sp³-hybridized carbons (Fsp3) is 0.522. The molecule has 0 unspecified atom stereocenters. The Bertz CT molecular complexity index is 965. The van der Waals surface area contributed by atoms with Crippen LogP contribution in [0.2, 0.25) is 0 Å². The van der Waals surface area contributed by atoms with Crippen molar-refractivity contribution in [2.45, 2.75) is 56.5 Å². The van der Waals surface area contributed by atoms with Gasteiger partial charge in [-0.25, -0.2) is 9.78 Å². The first kappa shape index (κ1) is 18.5. The maximum Gasteiger partial charge on any atom is 0.338 e. The summed E-state index contributed by atoms with van der Waals surface area (Å²) in [7, 11) is 0. The fourth-order valence-corrected chi connectivity index (χ4v) is 6.60. The summed E-state index contributed by atoms with van der Waals surface area (Å²) in [5.41, 5.74) is 0.351. The second-order valence-corrected chi connectivity index (χ2v) is 9.39. The smallest absolute Gasteiger partial charge is 0.338 e. The van der Waals surface area contributed by atoms with Crippen LogP contribution in [0, 0.1) is 17.3 Å². The van der Waals surface area contributed by atoms with Gasteiger partial charge in [-0.3, -0.25) is 4.57 Å². The van der Waals surface area contributed by atoms with Crippen LogP contribution in [0.15, 0.2) is 49.1 Å². The normalized spacial score (nSPS) is 38.3. The molecular weight excluding hydrogens is 400 g/mol. The third-order valence-corrected chi connectivity index (χ3v) is 7.94. The van der Waals surface area contributed by atoms with Crippen LogP contribution in [0.3, 0.4) is 0 Å². The Labute approximate surface area is 180 Å². The molecule has 7 atom stereocenters. The Morgan fingerprint density at radius 2 is 2.07 bits per heavy atom. The minimum Gasteiger partial charge on any atom is -0.463 e. The average Bonchev–Trinajstić information content (AvgIpc) is 3.21. The number of carbonyl (C=O) groups excluding carboxylic acids is 1. The van der Waals surface area contributed by atoms with Crippen molar-refractivity contribution in [3.05, 3.63) is 54.6 Å². The molecule has 0 N–H and O–H groups in total. The van der Waals surface area contributed by atoms with Crippen LogP contribution >= 0.6 is 12.2 Å². The number of ether oxygens (including phenoxy) is 3. The maximum absolute atomic E-state index is 12.9. The Morgan fingerprint density at radius 3 is 2.87 bits per heavy atom. The summed E-state index contributed by atoms with van der Waals surface area (Å²) < 4.78 is 20.4. The molecule has 0 amide bonds. The van der Waals surface area contributed by atoms with Gasteiger partial charge in [0.05, 0.1) is 17.1 Å². The number of epoxide rings is 1. The van der Waals surface area contributed by atoms with E-state index in [1.54, 1.807) is 35.4 Å². The average molecular weight is 425 g/mol. The zero-order valence-corrected chi connectivity index (χ0v) is 17.4. The molecule has 30 heavy (non-hydrogen) atoms. The van der Waals surface area contributed by atoms with Crippen molar-refractivity contribution in [2.75, 3.05) is 0 Å². The van der Waals surface area contributed by atoms with Crippen molar-refractivity contribution in [2.24, 2.45) is 17.3 Å². The predicted octanol–water partition coefficient (Wildman–Crippen LogP) is 3.60. The molecule has 1 spiro atoms. The van der Waals surface area contributed by atoms with Crippen molar-refractivity contribution in [1.82, 2.24) is 9.55 Å². The molecule has 4 aliphatic rings. The second-order valence-electron chi connectivity index (χ2n) is 9.04. The molecule has 2 bridgehead atoms. The second kappa shape index (κ2) is 6.89. The van der Waals surface area contributed by atoms with Gasteiger partial charge in [0.25, 0.3) is 5.17 Å². The third-order valence-electron chi connectivity index (χ3n) is 7.64. The Kier molecular flexibility index (Phi) is 4.25. The molecule has 3 aliphatic carbocycles. The summed E-state index contributed by atoms with van der Waals surface area (Å²) in [5.74, 6) is 0.739. The first-order valence-corrected chi connectivity index (χ1v) is 11.2. The number of rotatable bonds is 3. The van der Waals surface area contributed by atoms with E-state index in [1.165, 1.54) is 0 Å². The number of aromatic nitrogens is 2. The number of benzene rings is 1. The highest BCUT2D eigenvalue weighted by molar-refractivity contribution is 7.80. The largest absolute Gasteiger partial charge is 0.463 e. The molecule has 4 fully saturated rings. The number of fused-ring (bicyclic) bond motifs is 3. The zero-order chi connectivity index (χ0) is 20.3. The molecule has 1 aromatic heterocycles. The first-order valence-electron chi connectivity index (χ1n) is 10.8. The zero-order valence-electron chi connectivity index (χ0n) is 16.6. The van der Waals surface area contributed by atoms with Crippen molar-refractivity contribution < 1.29 is 19.0 Å². The molecule has 156 valence electrons. The Morgan fingerprint density at radius 1 is 1.20 bits per heavy atom. The summed E-state index contributed by atoms with van der Waals surface area (Å²) in [6.45, 7) is 0. The number of hydrogen-bond donors (Lipinski definition) is 0. The molecule has 1 aliphatic heterocycles. The van der Waals surface area contributed by atoms with Gasteiger partial charge in [0.15, 0.2) is 0 Å². The van der Waals surface area contributed by atoms with E-state index < -0.39 is 0 Å². The van der Waals surface area contributed by atoms with Crippen LogP contribution in [0.25, 0.3) is 0 Å². The van der Waals surface area contributed by atoms with E-state index in [2.05, 4.69) is 4.98 Å². The topological polar surface area (TPSA) is 65.9 Å². The minimum atomic E-state index is -0.256. The van der Waals surface area contributed by atoms with Gasteiger partial charge in [0.2, 0.25) is 0 Å². The molecule has 0 radical (unpaired) electrons. The lowest BCUT2D eigenvalue weighted by Crippen LogP contribution is -2.57. The van der Waals surface area contributed by atoms with Gasteiger partial charge < -0.3 is 14.2 Å². The summed E-state index contributed by atoms with van der Waals surface area (Å²) in [4.78, 5) is 17.0. The predicted molar refractivity (Wildman–Crippen MR) is 112 cm³/mol. The van der Waals surface area contributed by atoms with Crippen molar-refractivity contribution in [1.29, 1.82) is 0 Å². The third kappa shape index (κ3) is 2.75. The van der Waals surface area contributed by atoms with Gasteiger partial charge in [-0.1, -0.05) is 18.2 Å². The van der Waals surface area contributed by atoms with E-state index in [0.717, 1.165) is 32.1 Å². The monoisotopic (exact) mass is 424 g/mol. The van der Waals surface area contributed by atoms with E-state index in [4.69, 9.17) is 26.4 Å². The van der Waals surface area contributed by atoms with E-state index in [9.17, 15) is 4.79 Å². The number of thiocarbonyl (C=S) groups is 1. The van der Waals surface area contributed by atoms with Crippen LogP contribution in [-0.4, -0.2) is 45.1 Å². The molecule has 6 rings (SSSR count). The lowest BCUT2D eigenvalue weighted by atomic mass is 9.60. The lowest BCUT2D eigenvalue weighted by molar-refractivity contribution is -0.126. The molecule has 2 aromatic rings. The van der Waals surface area contributed by atoms with E-state index in [0.29, 0.717) is 22.6 Å². The van der Waals surface area contributed by atoms with Gasteiger partial charge in [0, 0.05) is 12.4 Å². The number of esters is 1. The van der Waals surface area contributed by atoms with Crippen molar-refractivity contribution in [3.63, 3.8) is 0 Å². The van der Waals surface area contributed by atoms with Crippen LogP contribution < -0.4 is 0 Å². The molecule has 7 heteroatoms. The summed E-state index contributed by atoms with van der Waals surface area (Å²) in [5, 5.41) is 0.379. The Balaban J connectivity index is 1.32. The molecular formula is C23H24N2O4S. The summed E-state index contributed by atoms with van der Waals surface area (Å²) >= 11 is 5.57. The fourth-order valence-electron chi connectivity index (χ4n) is 6.39. The van der Waals surface area contributed by atoms with Gasteiger partial charge >= 0.3 is 5.97 Å². The van der Waals surface area contributed by atoms with E-state index >= 15 is 0 Å². The van der Waals surface area contributed by atoms with Crippen LogP contribution in [-0.2, 0) is 14.2 Å². The van der Waals surface area contributed by atoms with Crippen LogP contribution in [0.1, 0.15) is 42.5 Å². The molecule has 3 saturated carbocycles. The van der Waals surface area contributed by atoms with Crippen LogP contribution in [0.5, 0.6) is 0 Å². The Hall–Kier alpha value is -2.25. The molecule has 1 saturated heterocycles. The maximum atomic E-state index is 12.9. The van der Waals surface area contributed by atoms with Gasteiger partial charge in [0.1, 0.15) is 24.6 Å². The van der Waals surface area contributed by atoms with Gasteiger partial charge in [-0.2, -0.15) is 0 Å². The van der Waals surface area contributed by atoms with E-state index in [1.807, 2.05) is 18.2 Å². The van der Waals surface area contributed by atoms with Gasteiger partial charge in [-0.15, -0.1) is 0 Å². The molecule has 2 heterocycles. The number of carbonyl (C=O) groups is 1. The molecule has 1 aromatic carbocycles. The highest BCUT2D eigenvalue weighted by Crippen LogP contribution is 2.67. The van der Waals surface area contributed by atoms with Crippen molar-refractivity contribution >= 4 is 23.4 Å². The quantitative estimate of drug-likeness (QED) is 0.426. The number of nitrogens with zero attached hydrogens (tertiary/aromatic N) is 2. The van der Waals surface area contributed by atoms with Crippen LogP contribution in [0.4, 0.5) is 0 Å². The minimum absolute atomic E-state index is 0.0336. The molecule has 6 nitrogen and oxygen atoms in total. The number of hydrogen-bond acceptors (Lipinski definition) is 6. The standard InChI is InChI=1S/C23H24N2O4S/c26-21(14-5-2-1-3-6-14)27-17-8-4-7-16-11-15-12-23(16,17)20(19-18(15)28-19)29-22(30)25-10-9-24-13-25/h1-3,5-6,9-10,13,15-20H,4,7-8,11-12H2/t15-,16+,17-,18+,19-,20-,23-/m0/s1. The summed E-state index contributed by atoms with van der Waals surface area (Å²) in [6, 6.07) is 9.24. The van der Waals surface area contributed by atoms with Gasteiger partial charge in [-0.05, 0) is 68.3 Å². The first-order chi connectivity index (χ1) is 14.7. The number of imidazole rings is 1. The highest BCUT2D eigenvalue weighted by atomic mass is 32.1. The highest BCUT2D eigenvalue weighted by Gasteiger charge is 2.73. The van der Waals surface area contributed by atoms with Crippen molar-refractivity contribution in [3.8, 4) is 0 Å². The van der Waals surface area contributed by atoms with E-state index in [-0.39, 0.29) is 35.8 Å². The SMILES string of the molecule is O=C(O[C@H]1CCC[C@@H]2C[C@H]3C[C@]21[C@@H](OC(=S)n1ccnc1)[C@H]1O[C@H]31)c1ccccc1. The summed E-state index contributed by atoms with van der Waals surface area (Å²) in [6.07, 6.45) is 10.2. The lowest BCUT2D eigenvalue weighted by Gasteiger charge is -2.49.